The van der Waals surface area contributed by atoms with Gasteiger partial charge in [0.1, 0.15) is 5.75 Å². The minimum Gasteiger partial charge on any atom is -0.459 e. The van der Waals surface area contributed by atoms with Crippen molar-refractivity contribution < 1.29 is 17.7 Å². The summed E-state index contributed by atoms with van der Waals surface area (Å²) < 4.78 is 36.2. The van der Waals surface area contributed by atoms with E-state index in [-0.39, 0.29) is 10.8 Å². The molecule has 1 heterocycles. The molecule has 0 bridgehead atoms. The van der Waals surface area contributed by atoms with E-state index in [1.807, 2.05) is 6.92 Å². The monoisotopic (exact) mass is 258 g/mol. The highest BCUT2D eigenvalue weighted by molar-refractivity contribution is 7.85. The van der Waals surface area contributed by atoms with Crippen LogP contribution in [0.1, 0.15) is 24.8 Å². The fourth-order valence-corrected chi connectivity index (χ4v) is 2.59. The molecule has 0 aromatic heterocycles. The maximum absolute atomic E-state index is 11.0. The van der Waals surface area contributed by atoms with E-state index in [9.17, 15) is 8.42 Å². The normalized spacial score (nSPS) is 22.0. The Morgan fingerprint density at radius 1 is 1.47 bits per heavy atom. The summed E-state index contributed by atoms with van der Waals surface area (Å²) in [5, 5.41) is 0. The van der Waals surface area contributed by atoms with Gasteiger partial charge in [0.2, 0.25) is 5.85 Å². The maximum Gasteiger partial charge on any atom is 0.294 e. The van der Waals surface area contributed by atoms with E-state index < -0.39 is 16.0 Å². The van der Waals surface area contributed by atoms with Crippen LogP contribution < -0.4 is 16.2 Å². The van der Waals surface area contributed by atoms with Crippen LogP contribution in [0.3, 0.4) is 0 Å². The quantitative estimate of drug-likeness (QED) is 0.522. The number of ether oxygens (including phenoxy) is 1. The topological polar surface area (TPSA) is 116 Å². The average molecular weight is 258 g/mol. The van der Waals surface area contributed by atoms with Gasteiger partial charge in [-0.2, -0.15) is 8.42 Å². The fourth-order valence-electron chi connectivity index (χ4n) is 2.09. The van der Waals surface area contributed by atoms with Crippen LogP contribution in [0.15, 0.2) is 23.1 Å². The van der Waals surface area contributed by atoms with Gasteiger partial charge in [0.15, 0.2) is 0 Å². The lowest BCUT2D eigenvalue weighted by Gasteiger charge is -2.24. The Morgan fingerprint density at radius 2 is 2.12 bits per heavy atom. The molecule has 0 spiro atoms. The number of hydrogen-bond donors (Lipinski definition) is 3. The minimum absolute atomic E-state index is 0.201. The van der Waals surface area contributed by atoms with E-state index in [1.54, 1.807) is 6.07 Å². The third-order valence-electron chi connectivity index (χ3n) is 2.90. The maximum atomic E-state index is 11.0. The molecule has 5 N–H and O–H groups in total. The lowest BCUT2D eigenvalue weighted by molar-refractivity contribution is 0.0805. The third-order valence-corrected chi connectivity index (χ3v) is 3.75. The van der Waals surface area contributed by atoms with Gasteiger partial charge in [0.25, 0.3) is 10.1 Å². The Hall–Kier alpha value is -1.15. The summed E-state index contributed by atoms with van der Waals surface area (Å²) in [6, 6.07) is 4.10. The molecule has 0 fully saturated rings. The molecule has 0 saturated carbocycles. The molecule has 0 aliphatic carbocycles. The van der Waals surface area contributed by atoms with Crippen LogP contribution in [0.25, 0.3) is 0 Å². The highest BCUT2D eigenvalue weighted by Crippen LogP contribution is 2.42. The summed E-state index contributed by atoms with van der Waals surface area (Å²) in [4.78, 5) is -0.233. The molecule has 1 aliphatic heterocycles. The third kappa shape index (κ3) is 2.02. The zero-order valence-electron chi connectivity index (χ0n) is 9.25. The zero-order chi connectivity index (χ0) is 12.8. The molecule has 1 aromatic carbocycles. The summed E-state index contributed by atoms with van der Waals surface area (Å²) in [5.74, 6) is -1.24. The molecule has 2 rings (SSSR count). The first kappa shape index (κ1) is 12.3. The van der Waals surface area contributed by atoms with E-state index in [0.717, 1.165) is 5.56 Å². The second-order valence-corrected chi connectivity index (χ2v) is 5.51. The first-order chi connectivity index (χ1) is 7.75. The van der Waals surface area contributed by atoms with Crippen LogP contribution in [0.4, 0.5) is 0 Å². The van der Waals surface area contributed by atoms with Crippen LogP contribution in [-0.4, -0.2) is 18.8 Å². The van der Waals surface area contributed by atoms with Crippen LogP contribution in [-0.2, 0) is 10.1 Å². The van der Waals surface area contributed by atoms with Crippen molar-refractivity contribution in [2.75, 3.05) is 0 Å². The zero-order valence-corrected chi connectivity index (χ0v) is 10.1. The van der Waals surface area contributed by atoms with Gasteiger partial charge in [-0.15, -0.1) is 0 Å². The van der Waals surface area contributed by atoms with Crippen LogP contribution in [0.2, 0.25) is 0 Å². The van der Waals surface area contributed by atoms with Gasteiger partial charge in [-0.3, -0.25) is 16.0 Å². The molecular formula is C10H14N2O4S. The lowest BCUT2D eigenvalue weighted by Crippen LogP contribution is -2.56. The molecule has 1 unspecified atom stereocenters. The molecule has 94 valence electrons. The fraction of sp³-hybridized carbons (Fsp3) is 0.400. The second-order valence-electron chi connectivity index (χ2n) is 4.09. The van der Waals surface area contributed by atoms with Gasteiger partial charge in [0, 0.05) is 11.6 Å². The summed E-state index contributed by atoms with van der Waals surface area (Å²) in [6.45, 7) is 1.91. The van der Waals surface area contributed by atoms with Gasteiger partial charge in [-0.1, -0.05) is 13.0 Å². The summed E-state index contributed by atoms with van der Waals surface area (Å²) in [7, 11) is -4.25. The predicted molar refractivity (Wildman–Crippen MR) is 61.0 cm³/mol. The molecule has 7 heteroatoms. The van der Waals surface area contributed by atoms with E-state index in [0.29, 0.717) is 12.2 Å². The van der Waals surface area contributed by atoms with Crippen molar-refractivity contribution in [1.29, 1.82) is 0 Å². The van der Waals surface area contributed by atoms with Crippen molar-refractivity contribution in [2.45, 2.75) is 30.0 Å². The SMILES string of the molecule is CCC1c2ccc(S(=O)(=O)O)cc2OC1(N)N. The Kier molecular flexibility index (Phi) is 2.66. The van der Waals surface area contributed by atoms with Gasteiger partial charge < -0.3 is 4.74 Å². The Bertz CT molecular complexity index is 553. The molecule has 1 aromatic rings. The van der Waals surface area contributed by atoms with Crippen molar-refractivity contribution in [2.24, 2.45) is 11.5 Å². The summed E-state index contributed by atoms with van der Waals surface area (Å²) >= 11 is 0. The van der Waals surface area contributed by atoms with Crippen molar-refractivity contribution in [3.63, 3.8) is 0 Å². The highest BCUT2D eigenvalue weighted by Gasteiger charge is 2.41. The number of rotatable bonds is 2. The van der Waals surface area contributed by atoms with E-state index in [2.05, 4.69) is 0 Å². The Balaban J connectivity index is 2.53. The van der Waals surface area contributed by atoms with Crippen molar-refractivity contribution in [3.8, 4) is 5.75 Å². The van der Waals surface area contributed by atoms with Gasteiger partial charge in [0.05, 0.1) is 10.8 Å². The molecule has 6 nitrogen and oxygen atoms in total. The van der Waals surface area contributed by atoms with E-state index in [1.165, 1.54) is 12.1 Å². The van der Waals surface area contributed by atoms with Crippen LogP contribution in [0, 0.1) is 0 Å². The standard InChI is InChI=1S/C10H14N2O4S/c1-2-8-7-4-3-6(17(13,14)15)5-9(7)16-10(8,11)12/h3-5,8H,2,11-12H2,1H3,(H,13,14,15). The van der Waals surface area contributed by atoms with Gasteiger partial charge >= 0.3 is 0 Å². The van der Waals surface area contributed by atoms with Crippen molar-refractivity contribution >= 4 is 10.1 Å². The molecule has 17 heavy (non-hydrogen) atoms. The molecule has 0 amide bonds. The smallest absolute Gasteiger partial charge is 0.294 e. The summed E-state index contributed by atoms with van der Waals surface area (Å²) in [6.07, 6.45) is 0.672. The number of benzene rings is 1. The molecular weight excluding hydrogens is 244 g/mol. The highest BCUT2D eigenvalue weighted by atomic mass is 32.2. The Labute approximate surface area is 99.3 Å². The first-order valence-corrected chi connectivity index (χ1v) is 6.58. The summed E-state index contributed by atoms with van der Waals surface area (Å²) in [5.41, 5.74) is 12.3. The van der Waals surface area contributed by atoms with Crippen molar-refractivity contribution in [1.82, 2.24) is 0 Å². The Morgan fingerprint density at radius 3 is 2.65 bits per heavy atom. The first-order valence-electron chi connectivity index (χ1n) is 5.14. The van der Waals surface area contributed by atoms with Gasteiger partial charge in [-0.25, -0.2) is 0 Å². The lowest BCUT2D eigenvalue weighted by atomic mass is 9.94. The number of fused-ring (bicyclic) bond motifs is 1. The molecule has 1 atom stereocenters. The largest absolute Gasteiger partial charge is 0.459 e. The van der Waals surface area contributed by atoms with Crippen molar-refractivity contribution in [3.05, 3.63) is 23.8 Å². The molecule has 1 aliphatic rings. The van der Waals surface area contributed by atoms with Crippen LogP contribution in [0.5, 0.6) is 5.75 Å². The minimum atomic E-state index is -4.25. The average Bonchev–Trinajstić information content (AvgIpc) is 2.44. The number of hydrogen-bond acceptors (Lipinski definition) is 5. The molecule has 0 saturated heterocycles. The van der Waals surface area contributed by atoms with Crippen LogP contribution >= 0.6 is 0 Å². The second kappa shape index (κ2) is 3.67. The van der Waals surface area contributed by atoms with E-state index in [4.69, 9.17) is 20.8 Å². The number of nitrogens with two attached hydrogens (primary N) is 2. The predicted octanol–water partition coefficient (Wildman–Crippen LogP) is 0.391. The van der Waals surface area contributed by atoms with E-state index >= 15 is 0 Å². The molecule has 0 radical (unpaired) electrons. The van der Waals surface area contributed by atoms with Gasteiger partial charge in [-0.05, 0) is 12.5 Å².